The van der Waals surface area contributed by atoms with Crippen LogP contribution in [0.5, 0.6) is 5.88 Å². The van der Waals surface area contributed by atoms with Crippen LogP contribution in [0.2, 0.25) is 0 Å². The minimum atomic E-state index is -0.723. The molecule has 0 saturated carbocycles. The highest BCUT2D eigenvalue weighted by Crippen LogP contribution is 2.38. The van der Waals surface area contributed by atoms with Gasteiger partial charge in [-0.25, -0.2) is 14.2 Å². The Morgan fingerprint density at radius 2 is 2.08 bits per heavy atom. The number of halogens is 1. The number of nitrogens with zero attached hydrogens (tertiary/aromatic N) is 4. The summed E-state index contributed by atoms with van der Waals surface area (Å²) < 4.78 is 23.2. The lowest BCUT2D eigenvalue weighted by molar-refractivity contribution is 0.0339. The first kappa shape index (κ1) is 24.6. The number of anilines is 1. The normalized spacial score (nSPS) is 15.9. The predicted octanol–water partition coefficient (Wildman–Crippen LogP) is 4.66. The Balaban J connectivity index is 1.27. The van der Waals surface area contributed by atoms with Gasteiger partial charge in [0.05, 0.1) is 18.3 Å². The predicted molar refractivity (Wildman–Crippen MR) is 139 cm³/mol. The van der Waals surface area contributed by atoms with Crippen LogP contribution in [0, 0.1) is 0 Å². The third-order valence-corrected chi connectivity index (χ3v) is 7.45. The van der Waals surface area contributed by atoms with Gasteiger partial charge < -0.3 is 10.1 Å². The average Bonchev–Trinajstić information content (AvgIpc) is 3.52. The zero-order chi connectivity index (χ0) is 25.3. The van der Waals surface area contributed by atoms with Gasteiger partial charge >= 0.3 is 6.03 Å². The monoisotopic (exact) mass is 510 g/mol. The van der Waals surface area contributed by atoms with E-state index in [2.05, 4.69) is 51.0 Å². The van der Waals surface area contributed by atoms with Crippen LogP contribution in [0.1, 0.15) is 31.4 Å². The number of pyridine rings is 1. The van der Waals surface area contributed by atoms with Crippen LogP contribution in [-0.4, -0.2) is 58.6 Å². The van der Waals surface area contributed by atoms with Crippen molar-refractivity contribution in [2.24, 2.45) is 0 Å². The number of carbonyl (C=O) groups excluding carboxylic acids is 1. The Morgan fingerprint density at radius 3 is 2.86 bits per heavy atom. The Kier molecular flexibility index (Phi) is 6.90. The summed E-state index contributed by atoms with van der Waals surface area (Å²) in [6.45, 7) is 5.82. The van der Waals surface area contributed by atoms with Gasteiger partial charge in [-0.3, -0.25) is 14.3 Å². The van der Waals surface area contributed by atoms with Gasteiger partial charge in [0.15, 0.2) is 0 Å². The van der Waals surface area contributed by atoms with E-state index in [0.29, 0.717) is 24.0 Å². The van der Waals surface area contributed by atoms with Crippen LogP contribution in [0.4, 0.5) is 14.9 Å². The van der Waals surface area contributed by atoms with E-state index < -0.39 is 6.17 Å². The van der Waals surface area contributed by atoms with E-state index in [0.717, 1.165) is 42.6 Å². The topological polar surface area (TPSA) is 84.3 Å². The van der Waals surface area contributed by atoms with Gasteiger partial charge in [-0.2, -0.15) is 5.10 Å². The molecule has 190 valence electrons. The molecule has 1 aliphatic carbocycles. The number of hydrogen-bond acceptors (Lipinski definition) is 6. The Labute approximate surface area is 214 Å². The first-order valence-corrected chi connectivity index (χ1v) is 13.0. The summed E-state index contributed by atoms with van der Waals surface area (Å²) in [7, 11) is 1.59. The van der Waals surface area contributed by atoms with Crippen molar-refractivity contribution >= 4 is 23.7 Å². The number of aryl methyl sites for hydroxylation is 1. The summed E-state index contributed by atoms with van der Waals surface area (Å²) in [5.74, 6) is 0.524. The van der Waals surface area contributed by atoms with Crippen molar-refractivity contribution in [1.82, 2.24) is 24.4 Å². The van der Waals surface area contributed by atoms with E-state index in [9.17, 15) is 9.18 Å². The van der Waals surface area contributed by atoms with Crippen molar-refractivity contribution < 1.29 is 13.9 Å². The molecule has 36 heavy (non-hydrogen) atoms. The second kappa shape index (κ2) is 10.1. The molecule has 2 N–H and O–H groups in total. The SMILES string of the molecule is COc1cc(-c2ccc3c(c2NC(=O)NSc2ccn(C(C)(C)CN4CC(F)C4)n2)CCC3)ccn1. The summed E-state index contributed by atoms with van der Waals surface area (Å²) in [5.41, 5.74) is 4.85. The van der Waals surface area contributed by atoms with Crippen LogP contribution < -0.4 is 14.8 Å². The molecule has 2 aromatic heterocycles. The Bertz CT molecular complexity index is 1260. The Morgan fingerprint density at radius 1 is 1.25 bits per heavy atom. The number of nitrogens with one attached hydrogen (secondary N) is 2. The molecule has 0 atom stereocenters. The molecule has 1 fully saturated rings. The number of rotatable bonds is 8. The number of ether oxygens (including phenoxy) is 1. The number of urea groups is 1. The standard InChI is InChI=1S/C26H31FN6O2S/c1-26(2,16-32-14-19(27)15-32)33-12-10-23(30-33)36-31-25(34)29-24-20-6-4-5-17(20)7-8-21(24)18-9-11-28-22(13-18)35-3/h7-13,19H,4-6,14-16H2,1-3H3,(H2,29,31,34). The van der Waals surface area contributed by atoms with E-state index in [4.69, 9.17) is 4.74 Å². The van der Waals surface area contributed by atoms with Crippen LogP contribution >= 0.6 is 11.9 Å². The number of alkyl halides is 1. The van der Waals surface area contributed by atoms with Gasteiger partial charge in [-0.1, -0.05) is 12.1 Å². The lowest BCUT2D eigenvalue weighted by Crippen LogP contribution is -2.54. The average molecular weight is 511 g/mol. The van der Waals surface area contributed by atoms with Crippen LogP contribution in [-0.2, 0) is 18.4 Å². The van der Waals surface area contributed by atoms with Crippen molar-refractivity contribution in [1.29, 1.82) is 0 Å². The van der Waals surface area contributed by atoms with Crippen molar-refractivity contribution in [2.45, 2.75) is 49.8 Å². The number of amides is 2. The first-order chi connectivity index (χ1) is 17.3. The lowest BCUT2D eigenvalue weighted by Gasteiger charge is -2.40. The van der Waals surface area contributed by atoms with Crippen LogP contribution in [0.15, 0.2) is 47.8 Å². The van der Waals surface area contributed by atoms with E-state index in [-0.39, 0.29) is 11.6 Å². The van der Waals surface area contributed by atoms with E-state index in [1.165, 1.54) is 23.1 Å². The maximum absolute atomic E-state index is 13.2. The van der Waals surface area contributed by atoms with Crippen LogP contribution in [0.3, 0.4) is 0 Å². The van der Waals surface area contributed by atoms with Gasteiger partial charge in [0, 0.05) is 55.6 Å². The molecule has 0 radical (unpaired) electrons. The maximum Gasteiger partial charge on any atom is 0.329 e. The van der Waals surface area contributed by atoms with Gasteiger partial charge in [-0.05, 0) is 61.9 Å². The Hall–Kier alpha value is -3.11. The third-order valence-electron chi connectivity index (χ3n) is 6.73. The molecule has 8 nitrogen and oxygen atoms in total. The molecule has 0 unspecified atom stereocenters. The molecule has 2 aliphatic rings. The fourth-order valence-corrected chi connectivity index (χ4v) is 5.44. The minimum absolute atomic E-state index is 0.285. The number of benzene rings is 1. The van der Waals surface area contributed by atoms with Gasteiger partial charge in [0.2, 0.25) is 5.88 Å². The number of fused-ring (bicyclic) bond motifs is 1. The highest BCUT2D eigenvalue weighted by molar-refractivity contribution is 7.97. The molecule has 3 heterocycles. The maximum atomic E-state index is 13.2. The van der Waals surface area contributed by atoms with Crippen molar-refractivity contribution in [3.8, 4) is 17.0 Å². The second-order valence-corrected chi connectivity index (χ2v) is 10.8. The summed E-state index contributed by atoms with van der Waals surface area (Å²) in [4.78, 5) is 19.2. The number of likely N-dealkylation sites (tertiary alicyclic amines) is 1. The van der Waals surface area contributed by atoms with E-state index >= 15 is 0 Å². The zero-order valence-corrected chi connectivity index (χ0v) is 21.6. The number of carbonyl (C=O) groups is 1. The second-order valence-electron chi connectivity index (χ2n) is 9.93. The minimum Gasteiger partial charge on any atom is -0.481 e. The summed E-state index contributed by atoms with van der Waals surface area (Å²) in [5, 5.41) is 8.40. The fraction of sp³-hybridized carbons (Fsp3) is 0.423. The molecule has 0 spiro atoms. The molecule has 10 heteroatoms. The molecule has 0 bridgehead atoms. The summed E-state index contributed by atoms with van der Waals surface area (Å²) >= 11 is 1.17. The molecule has 1 saturated heterocycles. The molecular formula is C26H31FN6O2S. The van der Waals surface area contributed by atoms with Gasteiger partial charge in [-0.15, -0.1) is 0 Å². The fourth-order valence-electron chi connectivity index (χ4n) is 4.93. The molecule has 3 aromatic rings. The largest absolute Gasteiger partial charge is 0.481 e. The highest BCUT2D eigenvalue weighted by atomic mass is 32.2. The van der Waals surface area contributed by atoms with Gasteiger partial charge in [0.25, 0.3) is 0 Å². The van der Waals surface area contributed by atoms with Crippen molar-refractivity contribution in [2.75, 3.05) is 32.1 Å². The zero-order valence-electron chi connectivity index (χ0n) is 20.8. The van der Waals surface area contributed by atoms with Gasteiger partial charge in [0.1, 0.15) is 11.2 Å². The lowest BCUT2D eigenvalue weighted by atomic mass is 9.98. The first-order valence-electron chi connectivity index (χ1n) is 12.1. The molecule has 1 aromatic carbocycles. The highest BCUT2D eigenvalue weighted by Gasteiger charge is 2.32. The van der Waals surface area contributed by atoms with E-state index in [1.54, 1.807) is 13.3 Å². The van der Waals surface area contributed by atoms with E-state index in [1.807, 2.05) is 29.1 Å². The number of aromatic nitrogens is 3. The number of methoxy groups -OCH3 is 1. The molecular weight excluding hydrogens is 479 g/mol. The molecule has 5 rings (SSSR count). The van der Waals surface area contributed by atoms with Crippen molar-refractivity contribution in [3.63, 3.8) is 0 Å². The van der Waals surface area contributed by atoms with Crippen molar-refractivity contribution in [3.05, 3.63) is 53.9 Å². The molecule has 2 amide bonds. The third kappa shape index (κ3) is 5.19. The number of hydrogen-bond donors (Lipinski definition) is 2. The van der Waals surface area contributed by atoms with Crippen LogP contribution in [0.25, 0.3) is 11.1 Å². The summed E-state index contributed by atoms with van der Waals surface area (Å²) in [6, 6.07) is 9.54. The molecule has 1 aliphatic heterocycles. The smallest absolute Gasteiger partial charge is 0.329 e. The quantitative estimate of drug-likeness (QED) is 0.429. The summed E-state index contributed by atoms with van der Waals surface area (Å²) in [6.07, 6.45) is 5.88.